The lowest BCUT2D eigenvalue weighted by Gasteiger charge is -1.95. The lowest BCUT2D eigenvalue weighted by atomic mass is 10.2. The van der Waals surface area contributed by atoms with E-state index in [2.05, 4.69) is 27.2 Å². The van der Waals surface area contributed by atoms with E-state index in [9.17, 15) is 0 Å². The summed E-state index contributed by atoms with van der Waals surface area (Å²) in [6.07, 6.45) is 3.89. The Labute approximate surface area is 108 Å². The normalized spacial score (nSPS) is 10.7. The summed E-state index contributed by atoms with van der Waals surface area (Å²) >= 11 is 1.54. The number of hydrogen-bond acceptors (Lipinski definition) is 5. The molecule has 18 heavy (non-hydrogen) atoms. The van der Waals surface area contributed by atoms with Crippen molar-refractivity contribution in [3.63, 3.8) is 0 Å². The first-order valence-corrected chi connectivity index (χ1v) is 6.28. The zero-order valence-corrected chi connectivity index (χ0v) is 10.3. The van der Waals surface area contributed by atoms with Crippen molar-refractivity contribution >= 4 is 17.2 Å². The first kappa shape index (κ1) is 10.9. The van der Waals surface area contributed by atoms with Crippen molar-refractivity contribution in [3.05, 3.63) is 53.6 Å². The predicted octanol–water partition coefficient (Wildman–Crippen LogP) is 1.90. The average molecular weight is 257 g/mol. The molecule has 0 aliphatic carbocycles. The highest BCUT2D eigenvalue weighted by Gasteiger charge is 2.11. The lowest BCUT2D eigenvalue weighted by Crippen LogP contribution is -1.96. The van der Waals surface area contributed by atoms with Crippen LogP contribution in [0.1, 0.15) is 10.6 Å². The lowest BCUT2D eigenvalue weighted by molar-refractivity contribution is 0.895. The molecule has 2 N–H and O–H groups in total. The highest BCUT2D eigenvalue weighted by atomic mass is 32.1. The third kappa shape index (κ3) is 2.10. The van der Waals surface area contributed by atoms with Crippen molar-refractivity contribution in [1.29, 1.82) is 0 Å². The third-order valence-electron chi connectivity index (χ3n) is 2.50. The van der Waals surface area contributed by atoms with Crippen LogP contribution in [0.4, 0.5) is 5.82 Å². The highest BCUT2D eigenvalue weighted by molar-refractivity contribution is 7.14. The molecule has 0 spiro atoms. The van der Waals surface area contributed by atoms with Crippen LogP contribution in [-0.4, -0.2) is 19.7 Å². The first-order valence-electron chi connectivity index (χ1n) is 5.47. The molecule has 0 bridgehead atoms. The van der Waals surface area contributed by atoms with Gasteiger partial charge < -0.3 is 5.73 Å². The predicted molar refractivity (Wildman–Crippen MR) is 70.7 cm³/mol. The van der Waals surface area contributed by atoms with Crippen molar-refractivity contribution in [2.24, 2.45) is 0 Å². The molecule has 0 radical (unpaired) electrons. The number of anilines is 1. The Hall–Kier alpha value is -2.21. The van der Waals surface area contributed by atoms with E-state index >= 15 is 0 Å². The zero-order valence-electron chi connectivity index (χ0n) is 9.52. The molecule has 0 atom stereocenters. The molecule has 0 unspecified atom stereocenters. The summed E-state index contributed by atoms with van der Waals surface area (Å²) in [5.41, 5.74) is 7.12. The molecule has 90 valence electrons. The van der Waals surface area contributed by atoms with Gasteiger partial charge in [-0.2, -0.15) is 5.10 Å². The van der Waals surface area contributed by atoms with Crippen molar-refractivity contribution in [1.82, 2.24) is 19.7 Å². The second-order valence-corrected chi connectivity index (χ2v) is 4.86. The zero-order chi connectivity index (χ0) is 12.4. The summed E-state index contributed by atoms with van der Waals surface area (Å²) in [5, 5.41) is 5.86. The number of hydrogen-bond donors (Lipinski definition) is 1. The van der Waals surface area contributed by atoms with Gasteiger partial charge in [-0.1, -0.05) is 41.7 Å². The highest BCUT2D eigenvalue weighted by Crippen LogP contribution is 2.25. The molecule has 0 saturated heterocycles. The van der Waals surface area contributed by atoms with Crippen molar-refractivity contribution in [3.8, 4) is 5.00 Å². The van der Waals surface area contributed by atoms with Gasteiger partial charge >= 0.3 is 0 Å². The van der Waals surface area contributed by atoms with Gasteiger partial charge in [0.25, 0.3) is 0 Å². The van der Waals surface area contributed by atoms with E-state index in [1.807, 2.05) is 18.2 Å². The van der Waals surface area contributed by atoms with Crippen LogP contribution in [0.2, 0.25) is 0 Å². The minimum absolute atomic E-state index is 0.497. The molecule has 0 aliphatic heterocycles. The second kappa shape index (κ2) is 4.58. The van der Waals surface area contributed by atoms with E-state index in [0.29, 0.717) is 5.82 Å². The number of nitrogen functional groups attached to an aromatic ring is 1. The van der Waals surface area contributed by atoms with Gasteiger partial charge in [0, 0.05) is 6.42 Å². The molecule has 2 heterocycles. The largest absolute Gasteiger partial charge is 0.381 e. The molecule has 0 saturated carbocycles. The molecule has 0 fully saturated rings. The van der Waals surface area contributed by atoms with E-state index in [1.54, 1.807) is 11.0 Å². The van der Waals surface area contributed by atoms with E-state index in [-0.39, 0.29) is 0 Å². The van der Waals surface area contributed by atoms with Gasteiger partial charge in [-0.3, -0.25) is 0 Å². The number of rotatable bonds is 3. The summed E-state index contributed by atoms with van der Waals surface area (Å²) in [6, 6.07) is 10.2. The summed E-state index contributed by atoms with van der Waals surface area (Å²) in [7, 11) is 0. The van der Waals surface area contributed by atoms with Gasteiger partial charge in [0.2, 0.25) is 0 Å². The topological polar surface area (TPSA) is 69.6 Å². The Morgan fingerprint density at radius 3 is 2.78 bits per heavy atom. The fourth-order valence-electron chi connectivity index (χ4n) is 1.69. The van der Waals surface area contributed by atoms with Crippen LogP contribution in [0, 0.1) is 0 Å². The summed E-state index contributed by atoms with van der Waals surface area (Å²) in [5.74, 6) is 0.497. The van der Waals surface area contributed by atoms with E-state index in [4.69, 9.17) is 5.73 Å². The van der Waals surface area contributed by atoms with Crippen molar-refractivity contribution in [2.45, 2.75) is 6.42 Å². The fourth-order valence-corrected chi connectivity index (χ4v) is 2.64. The Morgan fingerprint density at radius 1 is 1.22 bits per heavy atom. The van der Waals surface area contributed by atoms with Gasteiger partial charge in [0.1, 0.15) is 17.7 Å². The molecular formula is C12H11N5S. The molecule has 3 aromatic rings. The minimum Gasteiger partial charge on any atom is -0.381 e. The minimum atomic E-state index is 0.497. The van der Waals surface area contributed by atoms with Gasteiger partial charge in [-0.15, -0.1) is 0 Å². The van der Waals surface area contributed by atoms with E-state index in [0.717, 1.165) is 16.4 Å². The molecule has 0 aliphatic rings. The maximum atomic E-state index is 5.90. The number of nitrogens with zero attached hydrogens (tertiary/aromatic N) is 4. The summed E-state index contributed by atoms with van der Waals surface area (Å²) in [4.78, 5) is 8.28. The molecule has 5 nitrogen and oxygen atoms in total. The second-order valence-electron chi connectivity index (χ2n) is 3.80. The van der Waals surface area contributed by atoms with Gasteiger partial charge in [-0.05, 0) is 5.56 Å². The average Bonchev–Trinajstić information content (AvgIpc) is 3.00. The molecule has 6 heteroatoms. The molecule has 0 amide bonds. The Morgan fingerprint density at radius 2 is 2.06 bits per heavy atom. The maximum absolute atomic E-state index is 5.90. The number of thiazole rings is 1. The van der Waals surface area contributed by atoms with E-state index in [1.165, 1.54) is 23.2 Å². The number of benzene rings is 1. The quantitative estimate of drug-likeness (QED) is 0.778. The molecule has 3 rings (SSSR count). The molecule has 1 aromatic carbocycles. The summed E-state index contributed by atoms with van der Waals surface area (Å²) < 4.78 is 1.64. The maximum Gasteiger partial charge on any atom is 0.163 e. The van der Waals surface area contributed by atoms with Crippen molar-refractivity contribution < 1.29 is 0 Å². The number of aromatic nitrogens is 4. The van der Waals surface area contributed by atoms with Gasteiger partial charge in [-0.25, -0.2) is 14.6 Å². The monoisotopic (exact) mass is 257 g/mol. The summed E-state index contributed by atoms with van der Waals surface area (Å²) in [6.45, 7) is 0. The van der Waals surface area contributed by atoms with Crippen LogP contribution >= 0.6 is 11.3 Å². The van der Waals surface area contributed by atoms with E-state index < -0.39 is 0 Å². The Bertz CT molecular complexity index is 630. The van der Waals surface area contributed by atoms with Crippen LogP contribution in [-0.2, 0) is 6.42 Å². The Balaban J connectivity index is 1.89. The van der Waals surface area contributed by atoms with Crippen LogP contribution in [0.3, 0.4) is 0 Å². The first-order chi connectivity index (χ1) is 8.83. The standard InChI is InChI=1S/C12H11N5S/c13-11-12(17-8-14-7-15-17)18-10(16-11)6-9-4-2-1-3-5-9/h1-5,7-8H,6,13H2. The SMILES string of the molecule is Nc1nc(Cc2ccccc2)sc1-n1cncn1. The smallest absolute Gasteiger partial charge is 0.163 e. The third-order valence-corrected chi connectivity index (χ3v) is 3.56. The van der Waals surface area contributed by atoms with Crippen LogP contribution in [0.25, 0.3) is 5.00 Å². The number of nitrogens with two attached hydrogens (primary N) is 1. The van der Waals surface area contributed by atoms with Gasteiger partial charge in [0.15, 0.2) is 10.8 Å². The van der Waals surface area contributed by atoms with Gasteiger partial charge in [0.05, 0.1) is 0 Å². The Kier molecular flexibility index (Phi) is 2.77. The molecule has 2 aromatic heterocycles. The van der Waals surface area contributed by atoms with Crippen molar-refractivity contribution in [2.75, 3.05) is 5.73 Å². The van der Waals surface area contributed by atoms with Crippen LogP contribution in [0.15, 0.2) is 43.0 Å². The van der Waals surface area contributed by atoms with Crippen LogP contribution in [0.5, 0.6) is 0 Å². The fraction of sp³-hybridized carbons (Fsp3) is 0.0833. The molecular weight excluding hydrogens is 246 g/mol. The van der Waals surface area contributed by atoms with Crippen LogP contribution < -0.4 is 5.73 Å².